The third kappa shape index (κ3) is 2.77. The lowest BCUT2D eigenvalue weighted by atomic mass is 9.99. The Morgan fingerprint density at radius 3 is 2.50 bits per heavy atom. The Balaban J connectivity index is 0.00000176. The van der Waals surface area contributed by atoms with Crippen LogP contribution in [0.1, 0.15) is 11.3 Å². The summed E-state index contributed by atoms with van der Waals surface area (Å²) >= 11 is 0. The summed E-state index contributed by atoms with van der Waals surface area (Å²) < 4.78 is 1.93. The minimum absolute atomic E-state index is 0. The van der Waals surface area contributed by atoms with Crippen molar-refractivity contribution in [3.05, 3.63) is 60.0 Å². The molecule has 0 atom stereocenters. The maximum atomic E-state index is 5.76. The van der Waals surface area contributed by atoms with Crippen LogP contribution in [0, 0.1) is 6.92 Å². The molecule has 3 aromatic rings. The molecule has 5 nitrogen and oxygen atoms in total. The van der Waals surface area contributed by atoms with Crippen LogP contribution < -0.4 is 11.9 Å². The Morgan fingerprint density at radius 2 is 1.82 bits per heavy atom. The van der Waals surface area contributed by atoms with E-state index in [0.717, 1.165) is 33.6 Å². The van der Waals surface area contributed by atoms with Crippen LogP contribution in [0.5, 0.6) is 0 Å². The number of nitrogens with zero attached hydrogens (tertiary/aromatic N) is 3. The van der Waals surface area contributed by atoms with Gasteiger partial charge in [-0.2, -0.15) is 5.10 Å². The molecule has 0 radical (unpaired) electrons. The van der Waals surface area contributed by atoms with Gasteiger partial charge in [0.2, 0.25) is 0 Å². The highest BCUT2D eigenvalue weighted by atomic mass is 15.3. The van der Waals surface area contributed by atoms with Crippen LogP contribution in [-0.4, -0.2) is 14.8 Å². The zero-order valence-electron chi connectivity index (χ0n) is 13.0. The Labute approximate surface area is 130 Å². The molecule has 0 saturated carbocycles. The zero-order valence-corrected chi connectivity index (χ0v) is 13.0. The van der Waals surface area contributed by atoms with Gasteiger partial charge in [-0.25, -0.2) is 0 Å². The van der Waals surface area contributed by atoms with Gasteiger partial charge in [0.15, 0.2) is 0 Å². The summed E-state index contributed by atoms with van der Waals surface area (Å²) in [6, 6.07) is 12.3. The number of benzene rings is 1. The highest BCUT2D eigenvalue weighted by Gasteiger charge is 2.16. The lowest BCUT2D eigenvalue weighted by molar-refractivity contribution is 0.764. The van der Waals surface area contributed by atoms with Gasteiger partial charge in [-0.1, -0.05) is 18.2 Å². The quantitative estimate of drug-likeness (QED) is 0.776. The van der Waals surface area contributed by atoms with Gasteiger partial charge < -0.3 is 11.9 Å². The molecule has 0 unspecified atom stereocenters. The van der Waals surface area contributed by atoms with Crippen molar-refractivity contribution in [3.63, 3.8) is 0 Å². The minimum atomic E-state index is 0. The third-order valence-corrected chi connectivity index (χ3v) is 3.63. The number of aryl methyl sites for hydroxylation is 2. The first-order chi connectivity index (χ1) is 10.2. The van der Waals surface area contributed by atoms with Gasteiger partial charge in [0, 0.05) is 37.1 Å². The molecular weight excluding hydrogens is 274 g/mol. The van der Waals surface area contributed by atoms with Gasteiger partial charge >= 0.3 is 0 Å². The number of hydrogen-bond acceptors (Lipinski definition) is 4. The highest BCUT2D eigenvalue weighted by Crippen LogP contribution is 2.34. The van der Waals surface area contributed by atoms with Gasteiger partial charge in [0.25, 0.3) is 0 Å². The Bertz CT molecular complexity index is 762. The van der Waals surface area contributed by atoms with Gasteiger partial charge in [0.1, 0.15) is 0 Å². The van der Waals surface area contributed by atoms with Crippen molar-refractivity contribution in [2.45, 2.75) is 13.5 Å². The fourth-order valence-corrected chi connectivity index (χ4v) is 2.70. The first kappa shape index (κ1) is 15.9. The normalized spacial score (nSPS) is 10.3. The van der Waals surface area contributed by atoms with Crippen molar-refractivity contribution in [2.24, 2.45) is 12.8 Å². The van der Waals surface area contributed by atoms with Crippen molar-refractivity contribution in [2.75, 3.05) is 0 Å². The highest BCUT2D eigenvalue weighted by molar-refractivity contribution is 5.82. The molecule has 5 heteroatoms. The molecule has 0 aliphatic rings. The molecule has 0 fully saturated rings. The van der Waals surface area contributed by atoms with Crippen molar-refractivity contribution >= 4 is 0 Å². The van der Waals surface area contributed by atoms with Crippen LogP contribution >= 0.6 is 0 Å². The minimum Gasteiger partial charge on any atom is -0.344 e. The number of hydrogen-bond donors (Lipinski definition) is 2. The van der Waals surface area contributed by atoms with Crippen LogP contribution in [0.3, 0.4) is 0 Å². The monoisotopic (exact) mass is 295 g/mol. The molecular formula is C17H21N5. The number of pyridine rings is 1. The van der Waals surface area contributed by atoms with Crippen molar-refractivity contribution in [1.82, 2.24) is 20.9 Å². The second-order valence-electron chi connectivity index (χ2n) is 5.07. The summed E-state index contributed by atoms with van der Waals surface area (Å²) in [7, 11) is 1.97. The summed E-state index contributed by atoms with van der Waals surface area (Å²) in [6.07, 6.45) is 3.61. The van der Waals surface area contributed by atoms with Gasteiger partial charge in [-0.15, -0.1) is 0 Å². The maximum Gasteiger partial charge on any atom is 0.0760 e. The fourth-order valence-electron chi connectivity index (χ4n) is 2.70. The molecule has 0 aliphatic heterocycles. The Hall–Kier alpha value is -2.50. The van der Waals surface area contributed by atoms with Crippen molar-refractivity contribution < 1.29 is 0 Å². The van der Waals surface area contributed by atoms with E-state index in [1.54, 1.807) is 0 Å². The predicted octanol–water partition coefficient (Wildman–Crippen LogP) is 3.08. The molecule has 5 N–H and O–H groups in total. The average molecular weight is 295 g/mol. The molecule has 2 heterocycles. The third-order valence-electron chi connectivity index (χ3n) is 3.63. The van der Waals surface area contributed by atoms with E-state index in [1.807, 2.05) is 55.3 Å². The summed E-state index contributed by atoms with van der Waals surface area (Å²) in [6.45, 7) is 2.57. The van der Waals surface area contributed by atoms with Crippen LogP contribution in [0.4, 0.5) is 0 Å². The topological polar surface area (TPSA) is 91.7 Å². The predicted molar refractivity (Wildman–Crippen MR) is 89.5 cm³/mol. The van der Waals surface area contributed by atoms with E-state index >= 15 is 0 Å². The van der Waals surface area contributed by atoms with Gasteiger partial charge in [-0.05, 0) is 36.2 Å². The van der Waals surface area contributed by atoms with E-state index in [-0.39, 0.29) is 6.15 Å². The van der Waals surface area contributed by atoms with Crippen molar-refractivity contribution in [1.29, 1.82) is 0 Å². The molecule has 2 aromatic heterocycles. The van der Waals surface area contributed by atoms with Crippen LogP contribution in [0.2, 0.25) is 0 Å². The van der Waals surface area contributed by atoms with Gasteiger partial charge in [-0.3, -0.25) is 9.67 Å². The van der Waals surface area contributed by atoms with E-state index in [9.17, 15) is 0 Å². The SMILES string of the molecule is Cc1nn(C)c(-c2cccc(CN)c2)c1-c1ccncc1.N. The smallest absolute Gasteiger partial charge is 0.0760 e. The number of aromatic nitrogens is 3. The molecule has 22 heavy (non-hydrogen) atoms. The second-order valence-corrected chi connectivity index (χ2v) is 5.07. The standard InChI is InChI=1S/C17H18N4.H3N/c1-12-16(14-6-8-19-9-7-14)17(21(2)20-12)15-5-3-4-13(10-15)11-18;/h3-10H,11,18H2,1-2H3;1H3. The molecule has 0 aliphatic carbocycles. The number of rotatable bonds is 3. The maximum absolute atomic E-state index is 5.76. The van der Waals surface area contributed by atoms with Gasteiger partial charge in [0.05, 0.1) is 11.4 Å². The molecule has 114 valence electrons. The average Bonchev–Trinajstić information content (AvgIpc) is 2.82. The lowest BCUT2D eigenvalue weighted by Gasteiger charge is -2.08. The summed E-state index contributed by atoms with van der Waals surface area (Å²) in [5, 5.41) is 4.58. The first-order valence-corrected chi connectivity index (χ1v) is 6.94. The summed E-state index contributed by atoms with van der Waals surface area (Å²) in [5.41, 5.74) is 12.4. The summed E-state index contributed by atoms with van der Waals surface area (Å²) in [5.74, 6) is 0. The largest absolute Gasteiger partial charge is 0.344 e. The Morgan fingerprint density at radius 1 is 1.09 bits per heavy atom. The van der Waals surface area contributed by atoms with E-state index < -0.39 is 0 Å². The van der Waals surface area contributed by atoms with Crippen LogP contribution in [-0.2, 0) is 13.6 Å². The molecule has 3 rings (SSSR count). The van der Waals surface area contributed by atoms with E-state index in [4.69, 9.17) is 5.73 Å². The van der Waals surface area contributed by atoms with Crippen LogP contribution in [0.25, 0.3) is 22.4 Å². The first-order valence-electron chi connectivity index (χ1n) is 6.94. The molecule has 0 spiro atoms. The summed E-state index contributed by atoms with van der Waals surface area (Å²) in [4.78, 5) is 4.09. The van der Waals surface area contributed by atoms with Crippen LogP contribution in [0.15, 0.2) is 48.8 Å². The van der Waals surface area contributed by atoms with E-state index in [2.05, 4.69) is 22.2 Å². The van der Waals surface area contributed by atoms with Crippen molar-refractivity contribution in [3.8, 4) is 22.4 Å². The van der Waals surface area contributed by atoms with E-state index in [0.29, 0.717) is 6.54 Å². The van der Waals surface area contributed by atoms with E-state index in [1.165, 1.54) is 0 Å². The molecule has 0 saturated heterocycles. The zero-order chi connectivity index (χ0) is 14.8. The Kier molecular flexibility index (Phi) is 4.70. The lowest BCUT2D eigenvalue weighted by Crippen LogP contribution is -1.98. The molecule has 1 aromatic carbocycles. The fraction of sp³-hybridized carbons (Fsp3) is 0.176. The number of nitrogens with two attached hydrogens (primary N) is 1. The molecule has 0 amide bonds. The second kappa shape index (κ2) is 6.51. The molecule has 0 bridgehead atoms.